The van der Waals surface area contributed by atoms with Crippen molar-refractivity contribution in [3.8, 4) is 28.2 Å². The van der Waals surface area contributed by atoms with Crippen LogP contribution in [-0.2, 0) is 9.84 Å². The highest BCUT2D eigenvalue weighted by Crippen LogP contribution is 2.33. The van der Waals surface area contributed by atoms with E-state index in [4.69, 9.17) is 9.15 Å². The molecule has 34 heavy (non-hydrogen) atoms. The molecule has 0 aliphatic rings. The molecule has 0 aliphatic carbocycles. The van der Waals surface area contributed by atoms with Crippen LogP contribution in [0.4, 0.5) is 11.7 Å². The first-order valence-electron chi connectivity index (χ1n) is 10.4. The molecule has 9 heteroatoms. The number of hydrogen-bond donors (Lipinski definition) is 2. The van der Waals surface area contributed by atoms with E-state index in [-0.39, 0.29) is 22.2 Å². The molecule has 0 unspecified atom stereocenters. The van der Waals surface area contributed by atoms with Crippen LogP contribution in [-0.4, -0.2) is 37.3 Å². The minimum Gasteiger partial charge on any atom is -0.495 e. The van der Waals surface area contributed by atoms with Crippen LogP contribution >= 0.6 is 0 Å². The third kappa shape index (κ3) is 4.65. The molecule has 0 atom stereocenters. The van der Waals surface area contributed by atoms with Gasteiger partial charge in [0.2, 0.25) is 0 Å². The van der Waals surface area contributed by atoms with Gasteiger partial charge < -0.3 is 19.6 Å². The van der Waals surface area contributed by atoms with Crippen LogP contribution in [0.3, 0.4) is 0 Å². The van der Waals surface area contributed by atoms with E-state index in [9.17, 15) is 18.3 Å². The van der Waals surface area contributed by atoms with Gasteiger partial charge in [-0.25, -0.2) is 18.2 Å². The first-order chi connectivity index (χ1) is 16.3. The van der Waals surface area contributed by atoms with Gasteiger partial charge in [-0.05, 0) is 41.5 Å². The number of nitrogens with one attached hydrogen (secondary N) is 1. The molecule has 1 heterocycles. The van der Waals surface area contributed by atoms with E-state index in [1.807, 2.05) is 18.2 Å². The smallest absolute Gasteiger partial charge is 0.336 e. The predicted molar refractivity (Wildman–Crippen MR) is 128 cm³/mol. The van der Waals surface area contributed by atoms with Crippen LogP contribution in [0.1, 0.15) is 17.3 Å². The number of aromatic nitrogens is 1. The van der Waals surface area contributed by atoms with Crippen molar-refractivity contribution >= 4 is 27.5 Å². The van der Waals surface area contributed by atoms with E-state index < -0.39 is 15.8 Å². The number of benzene rings is 3. The molecule has 0 radical (unpaired) electrons. The molecular weight excluding hydrogens is 456 g/mol. The fraction of sp³-hybridized carbons (Fsp3) is 0.120. The number of aromatic carboxylic acids is 1. The highest BCUT2D eigenvalue weighted by Gasteiger charge is 2.17. The van der Waals surface area contributed by atoms with Gasteiger partial charge in [0.05, 0.1) is 35.2 Å². The molecule has 0 bridgehead atoms. The third-order valence-electron chi connectivity index (χ3n) is 5.27. The van der Waals surface area contributed by atoms with Gasteiger partial charge in [0.25, 0.3) is 6.01 Å². The van der Waals surface area contributed by atoms with Gasteiger partial charge in [-0.15, -0.1) is 0 Å². The summed E-state index contributed by atoms with van der Waals surface area (Å²) in [6.45, 7) is 1.58. The van der Waals surface area contributed by atoms with Gasteiger partial charge in [-0.2, -0.15) is 0 Å². The standard InChI is InChI=1S/C25H22N2O6S/c1-3-34(30,31)18-11-12-22(32-2)21(14-18)27-25-26-15-23(33-25)17-8-6-7-16(13-17)19-9-4-5-10-20(19)24(28)29/h4-15H,3H2,1-2H3,(H,26,27)(H,28,29). The van der Waals surface area contributed by atoms with Crippen LogP contribution < -0.4 is 10.1 Å². The summed E-state index contributed by atoms with van der Waals surface area (Å²) in [6, 6.07) is 18.7. The predicted octanol–water partition coefficient (Wildman–Crippen LogP) is 5.25. The van der Waals surface area contributed by atoms with E-state index in [0.717, 1.165) is 5.56 Å². The van der Waals surface area contributed by atoms with E-state index in [1.165, 1.54) is 25.4 Å². The lowest BCUT2D eigenvalue weighted by Gasteiger charge is -2.11. The number of nitrogens with zero attached hydrogens (tertiary/aromatic N) is 1. The zero-order valence-corrected chi connectivity index (χ0v) is 19.3. The number of sulfone groups is 1. The summed E-state index contributed by atoms with van der Waals surface area (Å²) in [5.74, 6) is -0.146. The largest absolute Gasteiger partial charge is 0.495 e. The molecule has 0 saturated carbocycles. The van der Waals surface area contributed by atoms with Crippen molar-refractivity contribution < 1.29 is 27.5 Å². The maximum absolute atomic E-state index is 12.3. The molecule has 1 aromatic heterocycles. The summed E-state index contributed by atoms with van der Waals surface area (Å²) < 4.78 is 35.7. The lowest BCUT2D eigenvalue weighted by molar-refractivity contribution is 0.0697. The van der Waals surface area contributed by atoms with Gasteiger partial charge in [0, 0.05) is 5.56 Å². The number of carbonyl (C=O) groups is 1. The lowest BCUT2D eigenvalue weighted by atomic mass is 9.98. The molecule has 0 spiro atoms. The molecule has 0 aliphatic heterocycles. The minimum atomic E-state index is -3.40. The van der Waals surface area contributed by atoms with Gasteiger partial charge >= 0.3 is 5.97 Å². The summed E-state index contributed by atoms with van der Waals surface area (Å²) in [7, 11) is -1.92. The number of carboxylic acids is 1. The molecule has 0 saturated heterocycles. The third-order valence-corrected chi connectivity index (χ3v) is 7.01. The zero-order valence-electron chi connectivity index (χ0n) is 18.5. The first kappa shape index (κ1) is 23.1. The molecule has 4 rings (SSSR count). The van der Waals surface area contributed by atoms with Crippen molar-refractivity contribution in [2.24, 2.45) is 0 Å². The average Bonchev–Trinajstić information content (AvgIpc) is 3.32. The van der Waals surface area contributed by atoms with Crippen molar-refractivity contribution in [2.75, 3.05) is 18.2 Å². The van der Waals surface area contributed by atoms with E-state index in [0.29, 0.717) is 28.3 Å². The van der Waals surface area contributed by atoms with Crippen LogP contribution in [0.2, 0.25) is 0 Å². The highest BCUT2D eigenvalue weighted by atomic mass is 32.2. The lowest BCUT2D eigenvalue weighted by Crippen LogP contribution is -2.05. The van der Waals surface area contributed by atoms with Crippen molar-refractivity contribution in [2.45, 2.75) is 11.8 Å². The van der Waals surface area contributed by atoms with Crippen LogP contribution in [0.5, 0.6) is 5.75 Å². The maximum Gasteiger partial charge on any atom is 0.336 e. The summed E-state index contributed by atoms with van der Waals surface area (Å²) in [6.07, 6.45) is 1.53. The Kier molecular flexibility index (Phi) is 6.38. The Labute approximate surface area is 196 Å². The van der Waals surface area contributed by atoms with Crippen LogP contribution in [0.15, 0.2) is 82.2 Å². The second-order valence-electron chi connectivity index (χ2n) is 7.35. The molecule has 2 N–H and O–H groups in total. The second-order valence-corrected chi connectivity index (χ2v) is 9.63. The highest BCUT2D eigenvalue weighted by molar-refractivity contribution is 7.91. The Morgan fingerprint density at radius 2 is 1.82 bits per heavy atom. The number of ether oxygens (including phenoxy) is 1. The number of anilines is 2. The number of rotatable bonds is 8. The fourth-order valence-corrected chi connectivity index (χ4v) is 4.39. The van der Waals surface area contributed by atoms with Crippen molar-refractivity contribution in [1.82, 2.24) is 4.98 Å². The van der Waals surface area contributed by atoms with E-state index in [1.54, 1.807) is 43.3 Å². The first-order valence-corrected chi connectivity index (χ1v) is 12.0. The number of carboxylic acid groups (broad SMARTS) is 1. The number of hydrogen-bond acceptors (Lipinski definition) is 7. The van der Waals surface area contributed by atoms with Crippen molar-refractivity contribution in [3.63, 3.8) is 0 Å². The molecule has 0 amide bonds. The monoisotopic (exact) mass is 478 g/mol. The summed E-state index contributed by atoms with van der Waals surface area (Å²) in [5, 5.41) is 12.5. The minimum absolute atomic E-state index is 0.0245. The van der Waals surface area contributed by atoms with E-state index in [2.05, 4.69) is 10.3 Å². The van der Waals surface area contributed by atoms with Gasteiger partial charge in [-0.1, -0.05) is 43.3 Å². The maximum atomic E-state index is 12.3. The van der Waals surface area contributed by atoms with Gasteiger partial charge in [-0.3, -0.25) is 0 Å². The molecule has 0 fully saturated rings. The molecule has 4 aromatic rings. The Balaban J connectivity index is 1.65. The number of oxazole rings is 1. The Hall–Kier alpha value is -4.11. The second kappa shape index (κ2) is 9.40. The van der Waals surface area contributed by atoms with Gasteiger partial charge in [0.15, 0.2) is 15.6 Å². The SMILES string of the molecule is CCS(=O)(=O)c1ccc(OC)c(Nc2ncc(-c3cccc(-c4ccccc4C(=O)O)c3)o2)c1. The van der Waals surface area contributed by atoms with Crippen LogP contribution in [0, 0.1) is 0 Å². The van der Waals surface area contributed by atoms with Crippen molar-refractivity contribution in [3.05, 3.63) is 78.5 Å². The fourth-order valence-electron chi connectivity index (χ4n) is 3.49. The molecule has 174 valence electrons. The Bertz CT molecular complexity index is 1460. The quantitative estimate of drug-likeness (QED) is 0.352. The summed E-state index contributed by atoms with van der Waals surface area (Å²) in [5.41, 5.74) is 2.62. The molecule has 8 nitrogen and oxygen atoms in total. The van der Waals surface area contributed by atoms with Crippen LogP contribution in [0.25, 0.3) is 22.5 Å². The molecule has 3 aromatic carbocycles. The Morgan fingerprint density at radius 1 is 1.06 bits per heavy atom. The molecular formula is C25H22N2O6S. The summed E-state index contributed by atoms with van der Waals surface area (Å²) >= 11 is 0. The topological polar surface area (TPSA) is 119 Å². The Morgan fingerprint density at radius 3 is 2.56 bits per heavy atom. The average molecular weight is 479 g/mol. The zero-order chi connectivity index (χ0) is 24.3. The van der Waals surface area contributed by atoms with Gasteiger partial charge in [0.1, 0.15) is 5.75 Å². The number of methoxy groups -OCH3 is 1. The van der Waals surface area contributed by atoms with Crippen molar-refractivity contribution in [1.29, 1.82) is 0 Å². The summed E-state index contributed by atoms with van der Waals surface area (Å²) in [4.78, 5) is 16.0. The normalized spacial score (nSPS) is 11.2. The van der Waals surface area contributed by atoms with E-state index >= 15 is 0 Å².